The summed E-state index contributed by atoms with van der Waals surface area (Å²) < 4.78 is 0. The van der Waals surface area contributed by atoms with Crippen LogP contribution in [0.3, 0.4) is 0 Å². The van der Waals surface area contributed by atoms with Crippen molar-refractivity contribution in [1.82, 2.24) is 0 Å². The molecule has 2 aliphatic carbocycles. The summed E-state index contributed by atoms with van der Waals surface area (Å²) in [6, 6.07) is 0.494. The average Bonchev–Trinajstić information content (AvgIpc) is 2.57. The van der Waals surface area contributed by atoms with Crippen LogP contribution in [0.4, 0.5) is 0 Å². The molecule has 0 amide bonds. The lowest BCUT2D eigenvalue weighted by Gasteiger charge is -2.08. The Balaban J connectivity index is 1.69. The van der Waals surface area contributed by atoms with Crippen LogP contribution in [-0.4, -0.2) is 6.04 Å². The molecule has 0 aromatic rings. The van der Waals surface area contributed by atoms with Gasteiger partial charge in [0.1, 0.15) is 0 Å². The van der Waals surface area contributed by atoms with Crippen LogP contribution in [0.2, 0.25) is 0 Å². The van der Waals surface area contributed by atoms with E-state index in [4.69, 9.17) is 5.73 Å². The number of rotatable bonds is 3. The van der Waals surface area contributed by atoms with Crippen LogP contribution < -0.4 is 5.73 Å². The van der Waals surface area contributed by atoms with E-state index in [1.807, 2.05) is 0 Å². The lowest BCUT2D eigenvalue weighted by Crippen LogP contribution is -2.06. The maximum atomic E-state index is 6.03. The van der Waals surface area contributed by atoms with Crippen LogP contribution >= 0.6 is 0 Å². The Kier molecular flexibility index (Phi) is 2.39. The van der Waals surface area contributed by atoms with E-state index in [1.54, 1.807) is 0 Å². The standard InChI is InChI=1S/C12H23N/c1-12(2)10(11(12)13)8-7-9-5-3-4-6-9/h9-11H,3-8,13H2,1-2H3. The number of nitrogens with two attached hydrogens (primary N) is 1. The summed E-state index contributed by atoms with van der Waals surface area (Å²) in [4.78, 5) is 0. The van der Waals surface area contributed by atoms with Gasteiger partial charge in [-0.1, -0.05) is 46.0 Å². The molecule has 2 atom stereocenters. The van der Waals surface area contributed by atoms with Crippen LogP contribution in [0.1, 0.15) is 52.4 Å². The first kappa shape index (κ1) is 9.51. The van der Waals surface area contributed by atoms with Gasteiger partial charge >= 0.3 is 0 Å². The normalized spacial score (nSPS) is 38.1. The molecule has 2 fully saturated rings. The fraction of sp³-hybridized carbons (Fsp3) is 1.00. The molecule has 1 nitrogen and oxygen atoms in total. The van der Waals surface area contributed by atoms with Crippen molar-refractivity contribution >= 4 is 0 Å². The first-order valence-corrected chi connectivity index (χ1v) is 5.88. The predicted octanol–water partition coefficient (Wildman–Crippen LogP) is 2.94. The van der Waals surface area contributed by atoms with Crippen molar-refractivity contribution in [2.24, 2.45) is 23.0 Å². The van der Waals surface area contributed by atoms with Gasteiger partial charge in [-0.3, -0.25) is 0 Å². The summed E-state index contributed by atoms with van der Waals surface area (Å²) in [5.74, 6) is 1.87. The molecule has 0 spiro atoms. The zero-order valence-electron chi connectivity index (χ0n) is 9.05. The van der Waals surface area contributed by atoms with Gasteiger partial charge in [0.25, 0.3) is 0 Å². The number of hydrogen-bond acceptors (Lipinski definition) is 1. The van der Waals surface area contributed by atoms with E-state index in [9.17, 15) is 0 Å². The molecule has 0 aromatic heterocycles. The molecule has 0 aliphatic heterocycles. The second kappa shape index (κ2) is 3.27. The molecular formula is C12H23N. The summed E-state index contributed by atoms with van der Waals surface area (Å²) in [5.41, 5.74) is 6.49. The molecular weight excluding hydrogens is 158 g/mol. The Morgan fingerprint density at radius 1 is 1.15 bits per heavy atom. The molecule has 0 heterocycles. The van der Waals surface area contributed by atoms with Gasteiger partial charge in [0, 0.05) is 6.04 Å². The summed E-state index contributed by atoms with van der Waals surface area (Å²) >= 11 is 0. The van der Waals surface area contributed by atoms with Gasteiger partial charge in [-0.05, 0) is 23.7 Å². The van der Waals surface area contributed by atoms with Gasteiger partial charge in [-0.2, -0.15) is 0 Å². The summed E-state index contributed by atoms with van der Waals surface area (Å²) in [7, 11) is 0. The second-order valence-electron chi connectivity index (χ2n) is 5.68. The molecule has 0 saturated heterocycles. The van der Waals surface area contributed by atoms with Crippen LogP contribution in [0.25, 0.3) is 0 Å². The molecule has 0 bridgehead atoms. The van der Waals surface area contributed by atoms with Gasteiger partial charge in [-0.15, -0.1) is 0 Å². The largest absolute Gasteiger partial charge is 0.327 e. The lowest BCUT2D eigenvalue weighted by molar-refractivity contribution is 0.432. The third-order valence-electron chi connectivity index (χ3n) is 4.50. The van der Waals surface area contributed by atoms with Gasteiger partial charge in [0.2, 0.25) is 0 Å². The van der Waals surface area contributed by atoms with Crippen molar-refractivity contribution in [1.29, 1.82) is 0 Å². The van der Waals surface area contributed by atoms with Gasteiger partial charge in [0.15, 0.2) is 0 Å². The quantitative estimate of drug-likeness (QED) is 0.711. The molecule has 2 unspecified atom stereocenters. The van der Waals surface area contributed by atoms with Crippen molar-refractivity contribution in [2.75, 3.05) is 0 Å². The Morgan fingerprint density at radius 2 is 1.69 bits per heavy atom. The van der Waals surface area contributed by atoms with E-state index >= 15 is 0 Å². The minimum absolute atomic E-state index is 0.457. The van der Waals surface area contributed by atoms with Gasteiger partial charge < -0.3 is 5.73 Å². The van der Waals surface area contributed by atoms with E-state index in [2.05, 4.69) is 13.8 Å². The first-order valence-electron chi connectivity index (χ1n) is 5.88. The van der Waals surface area contributed by atoms with E-state index < -0.39 is 0 Å². The third-order valence-corrected chi connectivity index (χ3v) is 4.50. The monoisotopic (exact) mass is 181 g/mol. The predicted molar refractivity (Wildman–Crippen MR) is 56.4 cm³/mol. The maximum absolute atomic E-state index is 6.03. The van der Waals surface area contributed by atoms with Crippen LogP contribution in [0.15, 0.2) is 0 Å². The molecule has 2 rings (SSSR count). The van der Waals surface area contributed by atoms with Crippen molar-refractivity contribution in [3.05, 3.63) is 0 Å². The fourth-order valence-electron chi connectivity index (χ4n) is 3.05. The first-order chi connectivity index (χ1) is 6.12. The minimum atomic E-state index is 0.457. The van der Waals surface area contributed by atoms with E-state index in [1.165, 1.54) is 38.5 Å². The molecule has 76 valence electrons. The number of hydrogen-bond donors (Lipinski definition) is 1. The lowest BCUT2D eigenvalue weighted by atomic mass is 9.97. The van der Waals surface area contributed by atoms with Crippen LogP contribution in [0, 0.1) is 17.3 Å². The molecule has 1 heteroatoms. The second-order valence-corrected chi connectivity index (χ2v) is 5.68. The highest BCUT2D eigenvalue weighted by Gasteiger charge is 2.54. The van der Waals surface area contributed by atoms with Gasteiger partial charge in [-0.25, -0.2) is 0 Å². The Bertz CT molecular complexity index is 180. The minimum Gasteiger partial charge on any atom is -0.327 e. The topological polar surface area (TPSA) is 26.0 Å². The summed E-state index contributed by atoms with van der Waals surface area (Å²) in [5, 5.41) is 0. The highest BCUT2D eigenvalue weighted by Crippen LogP contribution is 2.53. The average molecular weight is 181 g/mol. The smallest absolute Gasteiger partial charge is 0.0128 e. The Labute approximate surface area is 82.1 Å². The summed E-state index contributed by atoms with van der Waals surface area (Å²) in [6.45, 7) is 4.63. The Hall–Kier alpha value is -0.0400. The SMILES string of the molecule is CC1(C)C(N)C1CCC1CCCC1. The van der Waals surface area contributed by atoms with Gasteiger partial charge in [0.05, 0.1) is 0 Å². The van der Waals surface area contributed by atoms with E-state index in [0.29, 0.717) is 11.5 Å². The molecule has 2 aliphatic rings. The Morgan fingerprint density at radius 3 is 2.15 bits per heavy atom. The summed E-state index contributed by atoms with van der Waals surface area (Å²) in [6.07, 6.45) is 8.76. The van der Waals surface area contributed by atoms with Crippen LogP contribution in [0.5, 0.6) is 0 Å². The molecule has 2 N–H and O–H groups in total. The maximum Gasteiger partial charge on any atom is 0.0128 e. The molecule has 0 radical (unpaired) electrons. The van der Waals surface area contributed by atoms with E-state index in [0.717, 1.165) is 11.8 Å². The van der Waals surface area contributed by atoms with Crippen LogP contribution in [-0.2, 0) is 0 Å². The highest BCUT2D eigenvalue weighted by atomic mass is 14.8. The fourth-order valence-corrected chi connectivity index (χ4v) is 3.05. The third kappa shape index (κ3) is 1.76. The van der Waals surface area contributed by atoms with Crippen molar-refractivity contribution < 1.29 is 0 Å². The molecule has 13 heavy (non-hydrogen) atoms. The zero-order valence-corrected chi connectivity index (χ0v) is 9.05. The zero-order chi connectivity index (χ0) is 9.47. The van der Waals surface area contributed by atoms with Crippen molar-refractivity contribution in [2.45, 2.75) is 58.4 Å². The molecule has 0 aromatic carbocycles. The molecule has 2 saturated carbocycles. The highest BCUT2D eigenvalue weighted by molar-refractivity contribution is 5.08. The van der Waals surface area contributed by atoms with E-state index in [-0.39, 0.29) is 0 Å². The van der Waals surface area contributed by atoms with Crippen molar-refractivity contribution in [3.63, 3.8) is 0 Å². The van der Waals surface area contributed by atoms with Crippen molar-refractivity contribution in [3.8, 4) is 0 Å².